The van der Waals surface area contributed by atoms with Gasteiger partial charge >= 0.3 is 0 Å². The summed E-state index contributed by atoms with van der Waals surface area (Å²) in [4.78, 5) is 0. The number of hydrogen-bond donors (Lipinski definition) is 1. The first-order valence-corrected chi connectivity index (χ1v) is 6.99. The molecule has 20 heavy (non-hydrogen) atoms. The van der Waals surface area contributed by atoms with E-state index in [4.69, 9.17) is 4.74 Å². The van der Waals surface area contributed by atoms with E-state index in [0.717, 1.165) is 27.0 Å². The van der Waals surface area contributed by atoms with Gasteiger partial charge in [0.1, 0.15) is 11.8 Å². The summed E-state index contributed by atoms with van der Waals surface area (Å²) in [5.74, 6) is 0.759. The largest absolute Gasteiger partial charge is 0.497 e. The highest BCUT2D eigenvalue weighted by atomic mass is 79.9. The Balaban J connectivity index is 2.27. The molecule has 0 aliphatic carbocycles. The van der Waals surface area contributed by atoms with E-state index in [1.165, 1.54) is 0 Å². The first-order chi connectivity index (χ1) is 9.63. The third-order valence-electron chi connectivity index (χ3n) is 2.98. The molecule has 0 radical (unpaired) electrons. The summed E-state index contributed by atoms with van der Waals surface area (Å²) in [7, 11) is 1.62. The van der Waals surface area contributed by atoms with Gasteiger partial charge in [-0.05, 0) is 30.7 Å². The molecule has 0 heterocycles. The fourth-order valence-electron chi connectivity index (χ4n) is 1.93. The van der Waals surface area contributed by atoms with Crippen LogP contribution in [0.4, 0.5) is 5.69 Å². The Morgan fingerprint density at radius 3 is 2.70 bits per heavy atom. The zero-order valence-corrected chi connectivity index (χ0v) is 12.9. The normalized spacial score (nSPS) is 11.5. The van der Waals surface area contributed by atoms with Crippen LogP contribution >= 0.6 is 15.9 Å². The van der Waals surface area contributed by atoms with E-state index in [-0.39, 0.29) is 0 Å². The second-order valence-electron chi connectivity index (χ2n) is 4.46. The lowest BCUT2D eigenvalue weighted by atomic mass is 10.1. The van der Waals surface area contributed by atoms with E-state index in [1.54, 1.807) is 7.11 Å². The van der Waals surface area contributed by atoms with E-state index in [1.807, 2.05) is 49.4 Å². The Hall–Kier alpha value is -1.99. The number of rotatable bonds is 4. The predicted molar refractivity (Wildman–Crippen MR) is 83.8 cm³/mol. The van der Waals surface area contributed by atoms with E-state index in [2.05, 4.69) is 27.3 Å². The van der Waals surface area contributed by atoms with Crippen molar-refractivity contribution >= 4 is 21.6 Å². The lowest BCUT2D eigenvalue weighted by molar-refractivity contribution is 0.415. The van der Waals surface area contributed by atoms with Crippen LogP contribution in [-0.2, 0) is 0 Å². The third-order valence-corrected chi connectivity index (χ3v) is 3.66. The van der Waals surface area contributed by atoms with Gasteiger partial charge in [0.2, 0.25) is 0 Å². The minimum absolute atomic E-state index is 0.419. The maximum Gasteiger partial charge on any atom is 0.141 e. The number of nitrogens with zero attached hydrogens (tertiary/aromatic N) is 1. The van der Waals surface area contributed by atoms with Crippen molar-refractivity contribution in [3.05, 3.63) is 58.1 Å². The van der Waals surface area contributed by atoms with Gasteiger partial charge in [-0.2, -0.15) is 5.26 Å². The summed E-state index contributed by atoms with van der Waals surface area (Å²) in [6.07, 6.45) is 0. The molecule has 2 aromatic rings. The molecule has 102 valence electrons. The highest BCUT2D eigenvalue weighted by Gasteiger charge is 2.14. The number of anilines is 1. The molecule has 0 spiro atoms. The first kappa shape index (κ1) is 14.4. The van der Waals surface area contributed by atoms with Gasteiger partial charge in [0.25, 0.3) is 0 Å². The van der Waals surface area contributed by atoms with Gasteiger partial charge in [-0.1, -0.05) is 34.1 Å². The van der Waals surface area contributed by atoms with Crippen LogP contribution in [0, 0.1) is 18.3 Å². The maximum absolute atomic E-state index is 9.40. The topological polar surface area (TPSA) is 45.0 Å². The molecule has 0 fully saturated rings. The van der Waals surface area contributed by atoms with Gasteiger partial charge in [0.05, 0.1) is 13.2 Å². The fraction of sp³-hybridized carbons (Fsp3) is 0.188. The average Bonchev–Trinajstić information content (AvgIpc) is 2.45. The zero-order valence-electron chi connectivity index (χ0n) is 11.4. The van der Waals surface area contributed by atoms with Crippen LogP contribution in [0.2, 0.25) is 0 Å². The van der Waals surface area contributed by atoms with E-state index in [0.29, 0.717) is 0 Å². The van der Waals surface area contributed by atoms with E-state index in [9.17, 15) is 5.26 Å². The summed E-state index contributed by atoms with van der Waals surface area (Å²) in [6, 6.07) is 15.4. The average molecular weight is 331 g/mol. The van der Waals surface area contributed by atoms with Crippen LogP contribution in [0.15, 0.2) is 46.9 Å². The number of nitriles is 1. The quantitative estimate of drug-likeness (QED) is 0.901. The second-order valence-corrected chi connectivity index (χ2v) is 5.32. The molecular weight excluding hydrogens is 316 g/mol. The Labute approximate surface area is 127 Å². The molecule has 0 aromatic heterocycles. The molecule has 1 atom stereocenters. The van der Waals surface area contributed by atoms with Gasteiger partial charge in [-0.25, -0.2) is 0 Å². The minimum Gasteiger partial charge on any atom is -0.497 e. The molecule has 0 bridgehead atoms. The van der Waals surface area contributed by atoms with Crippen molar-refractivity contribution in [3.8, 4) is 11.8 Å². The van der Waals surface area contributed by atoms with Gasteiger partial charge in [0.15, 0.2) is 0 Å². The van der Waals surface area contributed by atoms with E-state index < -0.39 is 6.04 Å². The first-order valence-electron chi connectivity index (χ1n) is 6.20. The highest BCUT2D eigenvalue weighted by molar-refractivity contribution is 9.10. The number of aryl methyl sites for hydroxylation is 1. The van der Waals surface area contributed by atoms with Crippen molar-refractivity contribution in [2.45, 2.75) is 13.0 Å². The van der Waals surface area contributed by atoms with Crippen molar-refractivity contribution in [2.24, 2.45) is 0 Å². The lowest BCUT2D eigenvalue weighted by Gasteiger charge is -2.15. The van der Waals surface area contributed by atoms with E-state index >= 15 is 0 Å². The molecule has 1 unspecified atom stereocenters. The van der Waals surface area contributed by atoms with Crippen LogP contribution in [0.25, 0.3) is 0 Å². The summed E-state index contributed by atoms with van der Waals surface area (Å²) in [6.45, 7) is 2.02. The third kappa shape index (κ3) is 3.31. The molecule has 2 rings (SSSR count). The Morgan fingerprint density at radius 1 is 1.25 bits per heavy atom. The van der Waals surface area contributed by atoms with Crippen LogP contribution in [0.5, 0.6) is 5.75 Å². The van der Waals surface area contributed by atoms with Gasteiger partial charge in [-0.15, -0.1) is 0 Å². The van der Waals surface area contributed by atoms with Crippen LogP contribution in [0.1, 0.15) is 17.2 Å². The monoisotopic (exact) mass is 330 g/mol. The predicted octanol–water partition coefficient (Wildman–Crippen LogP) is 4.44. The number of hydrogen-bond acceptors (Lipinski definition) is 3. The fourth-order valence-corrected chi connectivity index (χ4v) is 2.65. The molecule has 0 saturated heterocycles. The molecular formula is C16H15BrN2O. The number of halogens is 1. The molecule has 3 nitrogen and oxygen atoms in total. The highest BCUT2D eigenvalue weighted by Crippen LogP contribution is 2.28. The number of methoxy groups -OCH3 is 1. The van der Waals surface area contributed by atoms with Crippen molar-refractivity contribution in [2.75, 3.05) is 12.4 Å². The van der Waals surface area contributed by atoms with Crippen molar-refractivity contribution in [1.82, 2.24) is 0 Å². The number of benzene rings is 2. The Kier molecular flexibility index (Phi) is 4.65. The molecule has 0 amide bonds. The maximum atomic E-state index is 9.40. The van der Waals surface area contributed by atoms with Gasteiger partial charge in [0, 0.05) is 21.8 Å². The molecule has 0 saturated carbocycles. The van der Waals surface area contributed by atoms with Crippen molar-refractivity contribution in [1.29, 1.82) is 5.26 Å². The summed E-state index contributed by atoms with van der Waals surface area (Å²) < 4.78 is 6.11. The van der Waals surface area contributed by atoms with Gasteiger partial charge < -0.3 is 10.1 Å². The van der Waals surface area contributed by atoms with Gasteiger partial charge in [-0.3, -0.25) is 0 Å². The standard InChI is InChI=1S/C16H15BrN2O/c1-11-6-7-14(15(17)8-11)16(10-18)19-12-4-3-5-13(9-12)20-2/h3-9,16,19H,1-2H3. The Bertz CT molecular complexity index is 649. The van der Waals surface area contributed by atoms with Crippen molar-refractivity contribution in [3.63, 3.8) is 0 Å². The lowest BCUT2D eigenvalue weighted by Crippen LogP contribution is -2.09. The number of nitrogens with one attached hydrogen (secondary N) is 1. The molecule has 2 aromatic carbocycles. The summed E-state index contributed by atoms with van der Waals surface area (Å²) in [5.41, 5.74) is 2.92. The molecule has 0 aliphatic heterocycles. The second kappa shape index (κ2) is 6.44. The van der Waals surface area contributed by atoms with Crippen molar-refractivity contribution < 1.29 is 4.74 Å². The zero-order chi connectivity index (χ0) is 14.5. The summed E-state index contributed by atoms with van der Waals surface area (Å²) in [5, 5.41) is 12.6. The molecule has 1 N–H and O–H groups in total. The Morgan fingerprint density at radius 2 is 2.05 bits per heavy atom. The SMILES string of the molecule is COc1cccc(NC(C#N)c2ccc(C)cc2Br)c1. The van der Waals surface area contributed by atoms with Crippen LogP contribution < -0.4 is 10.1 Å². The smallest absolute Gasteiger partial charge is 0.141 e. The number of ether oxygens (including phenoxy) is 1. The molecule has 4 heteroatoms. The summed E-state index contributed by atoms with van der Waals surface area (Å²) >= 11 is 3.51. The van der Waals surface area contributed by atoms with Crippen LogP contribution in [-0.4, -0.2) is 7.11 Å². The van der Waals surface area contributed by atoms with Crippen LogP contribution in [0.3, 0.4) is 0 Å². The molecule has 0 aliphatic rings. The minimum atomic E-state index is -0.419.